The molecule has 2 aromatic heterocycles. The number of aromatic nitrogens is 3. The summed E-state index contributed by atoms with van der Waals surface area (Å²) in [5.74, 6) is 1.03. The molecule has 1 saturated carbocycles. The highest BCUT2D eigenvalue weighted by Gasteiger charge is 2.24. The van der Waals surface area contributed by atoms with Crippen LogP contribution in [0.15, 0.2) is 53.8 Å². The van der Waals surface area contributed by atoms with Crippen molar-refractivity contribution in [2.45, 2.75) is 17.7 Å². The van der Waals surface area contributed by atoms with Gasteiger partial charge in [-0.25, -0.2) is 22.4 Å². The molecule has 0 amide bonds. The van der Waals surface area contributed by atoms with E-state index in [0.717, 1.165) is 0 Å². The monoisotopic (exact) mass is 329 g/mol. The zero-order valence-corrected chi connectivity index (χ0v) is 13.1. The molecule has 3 aromatic rings. The summed E-state index contributed by atoms with van der Waals surface area (Å²) in [5, 5.41) is 0.604. The summed E-state index contributed by atoms with van der Waals surface area (Å²) in [4.78, 5) is 8.48. The fourth-order valence-corrected chi connectivity index (χ4v) is 3.72. The maximum atomic E-state index is 12.8. The Labute approximate surface area is 133 Å². The largest absolute Gasteiger partial charge is 0.477 e. The maximum Gasteiger partial charge on any atom is 0.269 e. The lowest BCUT2D eigenvalue weighted by Gasteiger charge is -2.08. The fraction of sp³-hybridized carbons (Fsp3) is 0.250. The molecule has 1 aliphatic rings. The first kappa shape index (κ1) is 14.2. The van der Waals surface area contributed by atoms with Gasteiger partial charge in [-0.3, -0.25) is 0 Å². The molecule has 4 rings (SSSR count). The average molecular weight is 329 g/mol. The Morgan fingerprint density at radius 1 is 1.13 bits per heavy atom. The quantitative estimate of drug-likeness (QED) is 0.719. The Bertz CT molecular complexity index is 947. The second kappa shape index (κ2) is 5.34. The summed E-state index contributed by atoms with van der Waals surface area (Å²) in [6.45, 7) is 0.614. The van der Waals surface area contributed by atoms with Gasteiger partial charge in [0.15, 0.2) is 5.65 Å². The predicted octanol–water partition coefficient (Wildman–Crippen LogP) is 2.46. The SMILES string of the molecule is O=S(=O)(c1ccccc1)n1ccc2c(OCC3CC3)ncnc21. The number of benzene rings is 1. The van der Waals surface area contributed by atoms with Gasteiger partial charge in [-0.1, -0.05) is 18.2 Å². The minimum Gasteiger partial charge on any atom is -0.477 e. The molecule has 1 aromatic carbocycles. The van der Waals surface area contributed by atoms with Crippen molar-refractivity contribution in [3.8, 4) is 5.88 Å². The summed E-state index contributed by atoms with van der Waals surface area (Å²) in [6.07, 6.45) is 5.18. The van der Waals surface area contributed by atoms with E-state index in [-0.39, 0.29) is 4.90 Å². The smallest absolute Gasteiger partial charge is 0.269 e. The molecule has 6 nitrogen and oxygen atoms in total. The number of nitrogens with zero attached hydrogens (tertiary/aromatic N) is 3. The van der Waals surface area contributed by atoms with Crippen LogP contribution in [0.5, 0.6) is 5.88 Å². The maximum absolute atomic E-state index is 12.8. The fourth-order valence-electron chi connectivity index (χ4n) is 2.40. The van der Waals surface area contributed by atoms with E-state index < -0.39 is 10.0 Å². The molecule has 1 aliphatic carbocycles. The lowest BCUT2D eigenvalue weighted by Crippen LogP contribution is -2.12. The van der Waals surface area contributed by atoms with Gasteiger partial charge in [0, 0.05) is 6.20 Å². The van der Waals surface area contributed by atoms with Crippen molar-refractivity contribution in [2.24, 2.45) is 5.92 Å². The van der Waals surface area contributed by atoms with Crippen LogP contribution in [0.2, 0.25) is 0 Å². The molecule has 7 heteroatoms. The number of rotatable bonds is 5. The van der Waals surface area contributed by atoms with Crippen LogP contribution in [0.1, 0.15) is 12.8 Å². The van der Waals surface area contributed by atoms with Gasteiger partial charge < -0.3 is 4.74 Å². The Kier molecular flexibility index (Phi) is 3.30. The van der Waals surface area contributed by atoms with Crippen LogP contribution in [0.25, 0.3) is 11.0 Å². The van der Waals surface area contributed by atoms with Gasteiger partial charge >= 0.3 is 0 Å². The van der Waals surface area contributed by atoms with E-state index in [9.17, 15) is 8.42 Å². The molecular formula is C16H15N3O3S. The van der Waals surface area contributed by atoms with E-state index in [2.05, 4.69) is 9.97 Å². The van der Waals surface area contributed by atoms with Crippen LogP contribution in [0.4, 0.5) is 0 Å². The molecule has 1 fully saturated rings. The first-order chi connectivity index (χ1) is 11.2. The highest BCUT2D eigenvalue weighted by atomic mass is 32.2. The molecule has 118 valence electrons. The average Bonchev–Trinajstić information content (AvgIpc) is 3.29. The summed E-state index contributed by atoms with van der Waals surface area (Å²) >= 11 is 0. The molecule has 0 saturated heterocycles. The van der Waals surface area contributed by atoms with Crippen LogP contribution in [-0.2, 0) is 10.0 Å². The van der Waals surface area contributed by atoms with E-state index in [1.807, 2.05) is 0 Å². The third kappa shape index (κ3) is 2.57. The van der Waals surface area contributed by atoms with Crippen molar-refractivity contribution >= 4 is 21.1 Å². The van der Waals surface area contributed by atoms with Gasteiger partial charge in [0.2, 0.25) is 5.88 Å². The normalized spacial score (nSPS) is 15.0. The highest BCUT2D eigenvalue weighted by Crippen LogP contribution is 2.31. The van der Waals surface area contributed by atoms with Crippen molar-refractivity contribution < 1.29 is 13.2 Å². The van der Waals surface area contributed by atoms with E-state index >= 15 is 0 Å². The van der Waals surface area contributed by atoms with E-state index in [0.29, 0.717) is 29.4 Å². The number of fused-ring (bicyclic) bond motifs is 1. The molecule has 0 bridgehead atoms. The van der Waals surface area contributed by atoms with Gasteiger partial charge in [-0.15, -0.1) is 0 Å². The zero-order valence-electron chi connectivity index (χ0n) is 12.3. The first-order valence-corrected chi connectivity index (χ1v) is 8.86. The molecule has 0 radical (unpaired) electrons. The van der Waals surface area contributed by atoms with Crippen molar-refractivity contribution in [3.63, 3.8) is 0 Å². The van der Waals surface area contributed by atoms with Crippen molar-refractivity contribution in [3.05, 3.63) is 48.9 Å². The first-order valence-electron chi connectivity index (χ1n) is 7.42. The van der Waals surface area contributed by atoms with Gasteiger partial charge in [0.1, 0.15) is 6.33 Å². The van der Waals surface area contributed by atoms with Gasteiger partial charge in [-0.2, -0.15) is 0 Å². The lowest BCUT2D eigenvalue weighted by atomic mass is 10.4. The molecule has 23 heavy (non-hydrogen) atoms. The second-order valence-electron chi connectivity index (χ2n) is 5.60. The van der Waals surface area contributed by atoms with Gasteiger partial charge in [-0.05, 0) is 37.0 Å². The van der Waals surface area contributed by atoms with Crippen LogP contribution in [0, 0.1) is 5.92 Å². The van der Waals surface area contributed by atoms with Crippen molar-refractivity contribution in [1.82, 2.24) is 13.9 Å². The minimum absolute atomic E-state index is 0.219. The zero-order chi connectivity index (χ0) is 15.9. The molecule has 0 aliphatic heterocycles. The molecule has 2 heterocycles. The molecule has 0 atom stereocenters. The van der Waals surface area contributed by atoms with Crippen molar-refractivity contribution in [1.29, 1.82) is 0 Å². The Morgan fingerprint density at radius 3 is 2.65 bits per heavy atom. The standard InChI is InChI=1S/C16H15N3O3S/c20-23(21,13-4-2-1-3-5-13)19-9-8-14-15(19)17-11-18-16(14)22-10-12-6-7-12/h1-5,8-9,11-12H,6-7,10H2. The number of hydrogen-bond donors (Lipinski definition) is 0. The van der Waals surface area contributed by atoms with E-state index in [1.54, 1.807) is 36.4 Å². The third-order valence-electron chi connectivity index (χ3n) is 3.86. The van der Waals surface area contributed by atoms with Crippen LogP contribution >= 0.6 is 0 Å². The van der Waals surface area contributed by atoms with Gasteiger partial charge in [0.25, 0.3) is 10.0 Å². The van der Waals surface area contributed by atoms with Crippen LogP contribution in [-0.4, -0.2) is 29.0 Å². The van der Waals surface area contributed by atoms with E-state index in [1.165, 1.54) is 29.3 Å². The Morgan fingerprint density at radius 2 is 1.91 bits per heavy atom. The summed E-state index contributed by atoms with van der Waals surface area (Å²) in [7, 11) is -3.69. The molecule has 0 N–H and O–H groups in total. The van der Waals surface area contributed by atoms with Gasteiger partial charge in [0.05, 0.1) is 16.9 Å². The highest BCUT2D eigenvalue weighted by molar-refractivity contribution is 7.90. The number of ether oxygens (including phenoxy) is 1. The third-order valence-corrected chi connectivity index (χ3v) is 5.54. The topological polar surface area (TPSA) is 74.1 Å². The Balaban J connectivity index is 1.78. The molecular weight excluding hydrogens is 314 g/mol. The van der Waals surface area contributed by atoms with Crippen LogP contribution < -0.4 is 4.74 Å². The number of hydrogen-bond acceptors (Lipinski definition) is 5. The molecule has 0 unspecified atom stereocenters. The lowest BCUT2D eigenvalue weighted by molar-refractivity contribution is 0.292. The predicted molar refractivity (Wildman–Crippen MR) is 84.8 cm³/mol. The minimum atomic E-state index is -3.69. The Hall–Kier alpha value is -2.41. The van der Waals surface area contributed by atoms with Crippen molar-refractivity contribution in [2.75, 3.05) is 6.61 Å². The molecule has 0 spiro atoms. The summed E-state index contributed by atoms with van der Waals surface area (Å²) in [5.41, 5.74) is 0.328. The van der Waals surface area contributed by atoms with Crippen LogP contribution in [0.3, 0.4) is 0 Å². The second-order valence-corrected chi connectivity index (χ2v) is 7.42. The van der Waals surface area contributed by atoms with E-state index in [4.69, 9.17) is 4.74 Å². The summed E-state index contributed by atoms with van der Waals surface area (Å²) < 4.78 is 32.4. The summed E-state index contributed by atoms with van der Waals surface area (Å²) in [6, 6.07) is 9.96.